The van der Waals surface area contributed by atoms with Gasteiger partial charge in [0.05, 0.1) is 11.6 Å². The maximum atomic E-state index is 12.5. The number of rotatable bonds is 5. The number of aryl methyl sites for hydroxylation is 2. The molecule has 0 atom stereocenters. The molecule has 5 rings (SSSR count). The lowest BCUT2D eigenvalue weighted by Crippen LogP contribution is -2.54. The number of amides is 1. The summed E-state index contributed by atoms with van der Waals surface area (Å²) >= 11 is 0. The summed E-state index contributed by atoms with van der Waals surface area (Å²) in [6.45, 7) is 3.91. The number of aromatic nitrogens is 5. The molecule has 0 unspecified atom stereocenters. The van der Waals surface area contributed by atoms with Gasteiger partial charge in [-0.2, -0.15) is 10.2 Å². The fraction of sp³-hybridized carbons (Fsp3) is 0.273. The van der Waals surface area contributed by atoms with Gasteiger partial charge in [-0.15, -0.1) is 0 Å². The second-order valence-electron chi connectivity index (χ2n) is 7.79. The van der Waals surface area contributed by atoms with E-state index in [2.05, 4.69) is 50.5 Å². The summed E-state index contributed by atoms with van der Waals surface area (Å²) in [6, 6.07) is 12.3. The molecular formula is C22H23N7O. The van der Waals surface area contributed by atoms with Crippen LogP contribution in [0.5, 0.6) is 0 Å². The Morgan fingerprint density at radius 2 is 1.97 bits per heavy atom. The van der Waals surface area contributed by atoms with Gasteiger partial charge in [-0.05, 0) is 24.6 Å². The zero-order chi connectivity index (χ0) is 20.7. The lowest BCUT2D eigenvalue weighted by atomic mass is 9.99. The van der Waals surface area contributed by atoms with Crippen LogP contribution in [-0.2, 0) is 18.4 Å². The van der Waals surface area contributed by atoms with E-state index in [1.165, 1.54) is 5.56 Å². The average Bonchev–Trinajstić information content (AvgIpc) is 3.32. The highest BCUT2D eigenvalue weighted by atomic mass is 16.2. The average molecular weight is 401 g/mol. The van der Waals surface area contributed by atoms with Gasteiger partial charge in [0.15, 0.2) is 5.82 Å². The third-order valence-corrected chi connectivity index (χ3v) is 5.64. The van der Waals surface area contributed by atoms with Crippen molar-refractivity contribution in [3.8, 4) is 11.3 Å². The summed E-state index contributed by atoms with van der Waals surface area (Å²) < 4.78 is 3.66. The summed E-state index contributed by atoms with van der Waals surface area (Å²) in [5.74, 6) is 0.904. The van der Waals surface area contributed by atoms with Crippen LogP contribution in [0.1, 0.15) is 11.1 Å². The topological polar surface area (TPSA) is 80.3 Å². The van der Waals surface area contributed by atoms with Crippen LogP contribution < -0.4 is 10.2 Å². The van der Waals surface area contributed by atoms with Gasteiger partial charge in [-0.1, -0.05) is 29.8 Å². The van der Waals surface area contributed by atoms with Crippen LogP contribution in [0.15, 0.2) is 55.1 Å². The van der Waals surface area contributed by atoms with Gasteiger partial charge in [-0.25, -0.2) is 9.50 Å². The zero-order valence-corrected chi connectivity index (χ0v) is 17.0. The van der Waals surface area contributed by atoms with E-state index in [-0.39, 0.29) is 11.8 Å². The van der Waals surface area contributed by atoms with Gasteiger partial charge in [0.2, 0.25) is 5.91 Å². The van der Waals surface area contributed by atoms with Crippen molar-refractivity contribution in [2.75, 3.05) is 18.0 Å². The fourth-order valence-electron chi connectivity index (χ4n) is 3.81. The van der Waals surface area contributed by atoms with E-state index in [1.807, 2.05) is 40.6 Å². The Morgan fingerprint density at radius 3 is 2.70 bits per heavy atom. The molecule has 0 spiro atoms. The first-order valence-electron chi connectivity index (χ1n) is 9.98. The van der Waals surface area contributed by atoms with Crippen LogP contribution in [0.2, 0.25) is 0 Å². The Morgan fingerprint density at radius 1 is 1.17 bits per heavy atom. The van der Waals surface area contributed by atoms with Crippen LogP contribution in [0, 0.1) is 12.8 Å². The van der Waals surface area contributed by atoms with Crippen molar-refractivity contribution in [3.05, 3.63) is 66.2 Å². The normalized spacial score (nSPS) is 14.1. The standard InChI is InChI=1S/C22H23N7O/c1-15-3-5-16(6-4-15)10-23-22(30)18-11-28(12-18)21-20-9-17(13-29(20)26-14-24-21)19-7-8-25-27(19)2/h3-9,13-14,18H,10-12H2,1-2H3,(H,23,30). The molecule has 0 aliphatic carbocycles. The summed E-state index contributed by atoms with van der Waals surface area (Å²) in [4.78, 5) is 19.1. The lowest BCUT2D eigenvalue weighted by molar-refractivity contribution is -0.125. The van der Waals surface area contributed by atoms with E-state index in [0.717, 1.165) is 28.2 Å². The second-order valence-corrected chi connectivity index (χ2v) is 7.79. The smallest absolute Gasteiger partial charge is 0.226 e. The van der Waals surface area contributed by atoms with E-state index < -0.39 is 0 Å². The number of nitrogens with one attached hydrogen (secondary N) is 1. The minimum Gasteiger partial charge on any atom is -0.353 e. The predicted octanol–water partition coefficient (Wildman–Crippen LogP) is 2.19. The molecule has 4 heterocycles. The van der Waals surface area contributed by atoms with Crippen LogP contribution >= 0.6 is 0 Å². The van der Waals surface area contributed by atoms with Crippen molar-refractivity contribution in [1.82, 2.24) is 29.7 Å². The van der Waals surface area contributed by atoms with Crippen molar-refractivity contribution in [2.45, 2.75) is 13.5 Å². The number of carbonyl (C=O) groups excluding carboxylic acids is 1. The van der Waals surface area contributed by atoms with Gasteiger partial charge in [0, 0.05) is 44.6 Å². The third kappa shape index (κ3) is 3.30. The Hall–Kier alpha value is -3.68. The number of carbonyl (C=O) groups is 1. The van der Waals surface area contributed by atoms with Crippen LogP contribution in [-0.4, -0.2) is 43.4 Å². The number of anilines is 1. The first kappa shape index (κ1) is 18.4. The number of hydrogen-bond donors (Lipinski definition) is 1. The molecule has 1 aliphatic rings. The van der Waals surface area contributed by atoms with Crippen LogP contribution in [0.25, 0.3) is 16.8 Å². The SMILES string of the molecule is Cc1ccc(CNC(=O)C2CN(c3ncnn4cc(-c5ccnn5C)cc34)C2)cc1. The summed E-state index contributed by atoms with van der Waals surface area (Å²) in [5, 5.41) is 11.6. The molecule has 0 bridgehead atoms. The van der Waals surface area contributed by atoms with Crippen molar-refractivity contribution >= 4 is 17.2 Å². The predicted molar refractivity (Wildman–Crippen MR) is 114 cm³/mol. The first-order chi connectivity index (χ1) is 14.6. The Balaban J connectivity index is 1.26. The summed E-state index contributed by atoms with van der Waals surface area (Å²) in [5.41, 5.74) is 5.30. The molecule has 1 aromatic carbocycles. The molecule has 1 N–H and O–H groups in total. The van der Waals surface area contributed by atoms with Crippen molar-refractivity contribution in [3.63, 3.8) is 0 Å². The molecule has 152 valence electrons. The van der Waals surface area contributed by atoms with Gasteiger partial charge in [0.1, 0.15) is 11.8 Å². The minimum atomic E-state index is -0.0306. The number of fused-ring (bicyclic) bond motifs is 1. The number of benzene rings is 1. The fourth-order valence-corrected chi connectivity index (χ4v) is 3.81. The summed E-state index contributed by atoms with van der Waals surface area (Å²) in [6.07, 6.45) is 5.31. The van der Waals surface area contributed by atoms with E-state index in [1.54, 1.807) is 12.5 Å². The van der Waals surface area contributed by atoms with Gasteiger partial charge in [-0.3, -0.25) is 9.48 Å². The summed E-state index contributed by atoms with van der Waals surface area (Å²) in [7, 11) is 1.92. The molecule has 3 aromatic heterocycles. The molecule has 1 amide bonds. The van der Waals surface area contributed by atoms with E-state index >= 15 is 0 Å². The van der Waals surface area contributed by atoms with E-state index in [9.17, 15) is 4.79 Å². The van der Waals surface area contributed by atoms with Crippen molar-refractivity contribution in [2.24, 2.45) is 13.0 Å². The number of nitrogens with zero attached hydrogens (tertiary/aromatic N) is 6. The first-order valence-corrected chi connectivity index (χ1v) is 9.98. The van der Waals surface area contributed by atoms with E-state index in [4.69, 9.17) is 0 Å². The molecule has 0 radical (unpaired) electrons. The maximum absolute atomic E-state index is 12.5. The molecule has 1 fully saturated rings. The lowest BCUT2D eigenvalue weighted by Gasteiger charge is -2.39. The Kier molecular flexibility index (Phi) is 4.46. The quantitative estimate of drug-likeness (QED) is 0.555. The molecule has 4 aromatic rings. The minimum absolute atomic E-state index is 0.0306. The largest absolute Gasteiger partial charge is 0.353 e. The van der Waals surface area contributed by atoms with Gasteiger partial charge in [0.25, 0.3) is 0 Å². The van der Waals surface area contributed by atoms with E-state index in [0.29, 0.717) is 19.6 Å². The zero-order valence-electron chi connectivity index (χ0n) is 17.0. The molecule has 30 heavy (non-hydrogen) atoms. The molecule has 8 heteroatoms. The van der Waals surface area contributed by atoms with Crippen molar-refractivity contribution < 1.29 is 4.79 Å². The molecule has 1 saturated heterocycles. The van der Waals surface area contributed by atoms with Crippen LogP contribution in [0.4, 0.5) is 5.82 Å². The monoisotopic (exact) mass is 401 g/mol. The highest BCUT2D eigenvalue weighted by Gasteiger charge is 2.34. The highest BCUT2D eigenvalue weighted by Crippen LogP contribution is 2.30. The molecule has 8 nitrogen and oxygen atoms in total. The van der Waals surface area contributed by atoms with Crippen molar-refractivity contribution in [1.29, 1.82) is 0 Å². The van der Waals surface area contributed by atoms with Gasteiger partial charge >= 0.3 is 0 Å². The molecular weight excluding hydrogens is 378 g/mol. The van der Waals surface area contributed by atoms with Crippen LogP contribution in [0.3, 0.4) is 0 Å². The maximum Gasteiger partial charge on any atom is 0.226 e. The Labute approximate surface area is 174 Å². The Bertz CT molecular complexity index is 1200. The number of hydrogen-bond acceptors (Lipinski definition) is 5. The third-order valence-electron chi connectivity index (χ3n) is 5.64. The second kappa shape index (κ2) is 7.29. The van der Waals surface area contributed by atoms with Gasteiger partial charge < -0.3 is 10.2 Å². The molecule has 0 saturated carbocycles. The molecule has 1 aliphatic heterocycles. The highest BCUT2D eigenvalue weighted by molar-refractivity contribution is 5.84.